The molecule has 2 rings (SSSR count). The van der Waals surface area contributed by atoms with E-state index in [2.05, 4.69) is 12.6 Å². The third-order valence-electron chi connectivity index (χ3n) is 2.12. The Morgan fingerprint density at radius 1 is 1.36 bits per heavy atom. The Kier molecular flexibility index (Phi) is 2.57. The molecule has 0 aliphatic carbocycles. The van der Waals surface area contributed by atoms with Crippen LogP contribution in [-0.2, 0) is 0 Å². The van der Waals surface area contributed by atoms with Crippen molar-refractivity contribution in [1.82, 2.24) is 0 Å². The Morgan fingerprint density at radius 2 is 2.07 bits per heavy atom. The Labute approximate surface area is 91.8 Å². The van der Waals surface area contributed by atoms with Crippen LogP contribution in [0.15, 0.2) is 22.4 Å². The van der Waals surface area contributed by atoms with E-state index < -0.39 is 7.12 Å². The predicted molar refractivity (Wildman–Crippen MR) is 63.6 cm³/mol. The van der Waals surface area contributed by atoms with Gasteiger partial charge in [0.2, 0.25) is 0 Å². The molecule has 2 nitrogen and oxygen atoms in total. The zero-order valence-corrected chi connectivity index (χ0v) is 9.27. The Balaban J connectivity index is 2.77. The SMILES string of the molecule is Cc1ccc2c(B(O)O)c(S)sc2c1. The van der Waals surface area contributed by atoms with Gasteiger partial charge in [0.05, 0.1) is 4.21 Å². The molecule has 1 aromatic carbocycles. The summed E-state index contributed by atoms with van der Waals surface area (Å²) in [5.41, 5.74) is 1.67. The van der Waals surface area contributed by atoms with Gasteiger partial charge in [-0.1, -0.05) is 12.1 Å². The number of benzene rings is 1. The quantitative estimate of drug-likeness (QED) is 0.502. The van der Waals surface area contributed by atoms with Crippen molar-refractivity contribution in [2.75, 3.05) is 0 Å². The van der Waals surface area contributed by atoms with Gasteiger partial charge >= 0.3 is 7.12 Å². The monoisotopic (exact) mass is 224 g/mol. The lowest BCUT2D eigenvalue weighted by atomic mass is 9.80. The van der Waals surface area contributed by atoms with Crippen molar-refractivity contribution < 1.29 is 10.0 Å². The Morgan fingerprint density at radius 3 is 2.71 bits per heavy atom. The number of thiol groups is 1. The molecule has 0 fully saturated rings. The second kappa shape index (κ2) is 3.58. The summed E-state index contributed by atoms with van der Waals surface area (Å²) in [7, 11) is -1.45. The third kappa shape index (κ3) is 1.57. The van der Waals surface area contributed by atoms with Gasteiger partial charge in [-0.15, -0.1) is 24.0 Å². The zero-order chi connectivity index (χ0) is 10.3. The second-order valence-electron chi connectivity index (χ2n) is 3.19. The van der Waals surface area contributed by atoms with Gasteiger partial charge in [-0.25, -0.2) is 0 Å². The highest BCUT2D eigenvalue weighted by Crippen LogP contribution is 2.27. The summed E-state index contributed by atoms with van der Waals surface area (Å²) in [5.74, 6) is 0. The van der Waals surface area contributed by atoms with Crippen molar-refractivity contribution >= 4 is 46.6 Å². The first-order valence-corrected chi connectivity index (χ1v) is 5.44. The first-order chi connectivity index (χ1) is 6.59. The molecule has 0 radical (unpaired) electrons. The normalized spacial score (nSPS) is 10.9. The first-order valence-electron chi connectivity index (χ1n) is 4.17. The van der Waals surface area contributed by atoms with Crippen LogP contribution in [0.4, 0.5) is 0 Å². The van der Waals surface area contributed by atoms with Crippen LogP contribution in [0.3, 0.4) is 0 Å². The molecule has 1 heterocycles. The summed E-state index contributed by atoms with van der Waals surface area (Å²) in [6.07, 6.45) is 0. The first kappa shape index (κ1) is 10.0. The van der Waals surface area contributed by atoms with Gasteiger partial charge in [-0.2, -0.15) is 0 Å². The molecule has 0 amide bonds. The zero-order valence-electron chi connectivity index (χ0n) is 7.56. The average molecular weight is 224 g/mol. The molecular formula is C9H9BO2S2. The van der Waals surface area contributed by atoms with E-state index in [4.69, 9.17) is 0 Å². The van der Waals surface area contributed by atoms with Crippen LogP contribution in [0.2, 0.25) is 0 Å². The fourth-order valence-electron chi connectivity index (χ4n) is 1.46. The van der Waals surface area contributed by atoms with E-state index in [-0.39, 0.29) is 0 Å². The highest BCUT2D eigenvalue weighted by atomic mass is 32.2. The highest BCUT2D eigenvalue weighted by molar-refractivity contribution is 7.83. The number of aryl methyl sites for hydroxylation is 1. The van der Waals surface area contributed by atoms with Crippen LogP contribution >= 0.6 is 24.0 Å². The predicted octanol–water partition coefficient (Wildman–Crippen LogP) is 1.18. The van der Waals surface area contributed by atoms with E-state index in [1.807, 2.05) is 25.1 Å². The van der Waals surface area contributed by atoms with E-state index in [0.717, 1.165) is 15.6 Å². The van der Waals surface area contributed by atoms with E-state index in [1.54, 1.807) is 0 Å². The van der Waals surface area contributed by atoms with Crippen LogP contribution in [0.25, 0.3) is 10.1 Å². The molecule has 0 aliphatic rings. The van der Waals surface area contributed by atoms with E-state index >= 15 is 0 Å². The fraction of sp³-hybridized carbons (Fsp3) is 0.111. The summed E-state index contributed by atoms with van der Waals surface area (Å²) < 4.78 is 1.71. The fourth-order valence-corrected chi connectivity index (χ4v) is 3.06. The Bertz CT molecular complexity index is 479. The average Bonchev–Trinajstić information content (AvgIpc) is 2.39. The molecule has 0 unspecified atom stereocenters. The molecule has 72 valence electrons. The van der Waals surface area contributed by atoms with Crippen molar-refractivity contribution in [1.29, 1.82) is 0 Å². The summed E-state index contributed by atoms with van der Waals surface area (Å²) in [5, 5.41) is 19.2. The smallest absolute Gasteiger partial charge is 0.423 e. The molecule has 2 aromatic rings. The van der Waals surface area contributed by atoms with Crippen LogP contribution < -0.4 is 5.46 Å². The van der Waals surface area contributed by atoms with Crippen molar-refractivity contribution in [3.05, 3.63) is 23.8 Å². The second-order valence-corrected chi connectivity index (χ2v) is 5.00. The number of rotatable bonds is 1. The minimum absolute atomic E-state index is 0.508. The van der Waals surface area contributed by atoms with Gasteiger partial charge in [0, 0.05) is 10.2 Å². The topological polar surface area (TPSA) is 40.5 Å². The number of thiophene rings is 1. The molecule has 0 atom stereocenters. The Hall–Kier alpha value is -0.485. The van der Waals surface area contributed by atoms with Crippen LogP contribution in [-0.4, -0.2) is 17.2 Å². The molecule has 2 N–H and O–H groups in total. The maximum Gasteiger partial charge on any atom is 0.491 e. The molecule has 0 spiro atoms. The lowest BCUT2D eigenvalue weighted by Gasteiger charge is -1.98. The van der Waals surface area contributed by atoms with Crippen molar-refractivity contribution in [3.63, 3.8) is 0 Å². The van der Waals surface area contributed by atoms with Crippen molar-refractivity contribution in [3.8, 4) is 0 Å². The molecule has 0 aliphatic heterocycles. The summed E-state index contributed by atoms with van der Waals surface area (Å²) >= 11 is 5.69. The number of hydrogen-bond acceptors (Lipinski definition) is 4. The molecule has 14 heavy (non-hydrogen) atoms. The third-order valence-corrected chi connectivity index (χ3v) is 3.61. The van der Waals surface area contributed by atoms with Crippen molar-refractivity contribution in [2.24, 2.45) is 0 Å². The minimum Gasteiger partial charge on any atom is -0.423 e. The summed E-state index contributed by atoms with van der Waals surface area (Å²) in [6.45, 7) is 2.01. The van der Waals surface area contributed by atoms with Gasteiger partial charge in [-0.3, -0.25) is 0 Å². The van der Waals surface area contributed by atoms with Gasteiger partial charge in [-0.05, 0) is 23.9 Å². The van der Waals surface area contributed by atoms with Gasteiger partial charge in [0.25, 0.3) is 0 Å². The highest BCUT2D eigenvalue weighted by Gasteiger charge is 2.20. The minimum atomic E-state index is -1.45. The number of hydrogen-bond donors (Lipinski definition) is 3. The van der Waals surface area contributed by atoms with Gasteiger partial charge in [0.15, 0.2) is 0 Å². The lowest BCUT2D eigenvalue weighted by Crippen LogP contribution is -2.30. The van der Waals surface area contributed by atoms with E-state index in [1.165, 1.54) is 11.3 Å². The van der Waals surface area contributed by atoms with E-state index in [0.29, 0.717) is 9.67 Å². The van der Waals surface area contributed by atoms with Gasteiger partial charge in [0.1, 0.15) is 0 Å². The molecule has 0 bridgehead atoms. The summed E-state index contributed by atoms with van der Waals surface area (Å²) in [4.78, 5) is 0. The summed E-state index contributed by atoms with van der Waals surface area (Å²) in [6, 6.07) is 5.87. The van der Waals surface area contributed by atoms with Gasteiger partial charge < -0.3 is 10.0 Å². The molecule has 5 heteroatoms. The maximum absolute atomic E-state index is 9.17. The maximum atomic E-state index is 9.17. The molecule has 1 aromatic heterocycles. The molecule has 0 saturated heterocycles. The van der Waals surface area contributed by atoms with Crippen LogP contribution in [0, 0.1) is 6.92 Å². The standard InChI is InChI=1S/C9H9BO2S2/c1-5-2-3-6-7(4-5)14-9(13)8(6)10(11)12/h2-4,11-13H,1H3. The van der Waals surface area contributed by atoms with Crippen LogP contribution in [0.5, 0.6) is 0 Å². The molecular weight excluding hydrogens is 215 g/mol. The van der Waals surface area contributed by atoms with Crippen molar-refractivity contribution in [2.45, 2.75) is 11.1 Å². The lowest BCUT2D eigenvalue weighted by molar-refractivity contribution is 0.425. The van der Waals surface area contributed by atoms with Crippen LogP contribution in [0.1, 0.15) is 5.56 Å². The largest absolute Gasteiger partial charge is 0.491 e. The number of fused-ring (bicyclic) bond motifs is 1. The van der Waals surface area contributed by atoms with E-state index in [9.17, 15) is 10.0 Å². The molecule has 0 saturated carbocycles.